The minimum Gasteiger partial charge on any atom is -0.468 e. The summed E-state index contributed by atoms with van der Waals surface area (Å²) < 4.78 is 71.2. The van der Waals surface area contributed by atoms with Crippen LogP contribution in [0.1, 0.15) is 82.8 Å². The molecule has 1 saturated carbocycles. The highest BCUT2D eigenvalue weighted by Gasteiger charge is 2.50. The smallest absolute Gasteiger partial charge is 0.410 e. The van der Waals surface area contributed by atoms with Crippen LogP contribution in [0.3, 0.4) is 0 Å². The first-order valence-electron chi connectivity index (χ1n) is 18.6. The maximum absolute atomic E-state index is 17.2. The summed E-state index contributed by atoms with van der Waals surface area (Å²) in [4.78, 5) is 28.5. The molecule has 3 aromatic rings. The lowest BCUT2D eigenvalue weighted by molar-refractivity contribution is 0.0122. The van der Waals surface area contributed by atoms with Crippen LogP contribution in [0.25, 0.3) is 22.0 Å². The number of fused-ring (bicyclic) bond motifs is 4. The zero-order chi connectivity index (χ0) is 37.2. The van der Waals surface area contributed by atoms with Crippen molar-refractivity contribution in [3.63, 3.8) is 0 Å². The summed E-state index contributed by atoms with van der Waals surface area (Å²) in [7, 11) is 1.46. The van der Waals surface area contributed by atoms with Gasteiger partial charge in [-0.3, -0.25) is 9.80 Å². The van der Waals surface area contributed by atoms with Crippen LogP contribution in [0.2, 0.25) is 0 Å². The lowest BCUT2D eigenvalue weighted by atomic mass is 9.91. The van der Waals surface area contributed by atoms with Crippen LogP contribution in [-0.2, 0) is 9.47 Å². The van der Waals surface area contributed by atoms with E-state index in [1.807, 2.05) is 25.7 Å². The number of anilines is 1. The highest BCUT2D eigenvalue weighted by molar-refractivity contribution is 5.94. The van der Waals surface area contributed by atoms with Gasteiger partial charge in [0, 0.05) is 38.6 Å². The number of aromatic nitrogens is 2. The third-order valence-electron chi connectivity index (χ3n) is 11.3. The summed E-state index contributed by atoms with van der Waals surface area (Å²) in [6.45, 7) is 7.35. The first-order chi connectivity index (χ1) is 25.4. The van der Waals surface area contributed by atoms with E-state index in [1.165, 1.54) is 13.2 Å². The minimum atomic E-state index is -0.964. The molecule has 8 rings (SSSR count). The average Bonchev–Trinajstić information content (AvgIpc) is 3.72. The van der Waals surface area contributed by atoms with E-state index >= 15 is 8.78 Å². The highest BCUT2D eigenvalue weighted by atomic mass is 19.1. The Morgan fingerprint density at radius 1 is 1.06 bits per heavy atom. The van der Waals surface area contributed by atoms with E-state index < -0.39 is 28.9 Å². The van der Waals surface area contributed by atoms with E-state index in [1.54, 1.807) is 17.0 Å². The molecule has 5 heterocycles. The quantitative estimate of drug-likeness (QED) is 0.217. The van der Waals surface area contributed by atoms with Gasteiger partial charge in [0.05, 0.1) is 34.8 Å². The molecule has 1 aromatic heterocycles. The maximum atomic E-state index is 17.2. The Labute approximate surface area is 306 Å². The Bertz CT molecular complexity index is 1970. The van der Waals surface area contributed by atoms with Crippen LogP contribution in [0.15, 0.2) is 18.2 Å². The molecule has 1 aliphatic carbocycles. The number of carbonyl (C=O) groups is 1. The van der Waals surface area contributed by atoms with Crippen molar-refractivity contribution in [2.24, 2.45) is 0 Å². The van der Waals surface area contributed by atoms with Crippen LogP contribution < -0.4 is 14.4 Å². The summed E-state index contributed by atoms with van der Waals surface area (Å²) in [6, 6.07) is 6.09. The number of carbonyl (C=O) groups excluding carboxylic acids is 1. The number of methoxy groups -OCH3 is 1. The molecule has 4 saturated heterocycles. The first-order valence-corrected chi connectivity index (χ1v) is 18.6. The molecule has 4 aliphatic heterocycles. The second-order valence-electron chi connectivity index (χ2n) is 16.2. The lowest BCUT2D eigenvalue weighted by Crippen LogP contribution is -2.57. The second-order valence-corrected chi connectivity index (χ2v) is 16.2. The molecule has 14 heteroatoms. The molecule has 11 nitrogen and oxygen atoms in total. The standard InChI is InChI=1S/C39H45F3N6O5/c1-38(2,3)53-37(49)48-25-8-9-26(48)19-46(18-25)35-29-14-30(41)32(28-13-27(52-21-50-4)12-23(16-43)31(28)22-6-7-22)33(42)34(29)44-36(45-35)51-20-39-10-5-11-47(39)17-24(40)15-39/h12-14,22,24-26H,5-11,15,17-21H2,1-4H3/t24-,25?,26?,39+/m1/s1. The third-order valence-corrected chi connectivity index (χ3v) is 11.3. The maximum Gasteiger partial charge on any atom is 0.410 e. The molecule has 0 radical (unpaired) electrons. The van der Waals surface area contributed by atoms with E-state index in [4.69, 9.17) is 23.9 Å². The zero-order valence-electron chi connectivity index (χ0n) is 30.6. The van der Waals surface area contributed by atoms with Gasteiger partial charge in [0.15, 0.2) is 12.6 Å². The molecule has 2 aromatic carbocycles. The number of amides is 1. The number of rotatable bonds is 9. The molecule has 2 bridgehead atoms. The molecule has 53 heavy (non-hydrogen) atoms. The van der Waals surface area contributed by atoms with Gasteiger partial charge in [-0.1, -0.05) is 0 Å². The first kappa shape index (κ1) is 35.7. The van der Waals surface area contributed by atoms with Gasteiger partial charge in [-0.05, 0) is 101 Å². The van der Waals surface area contributed by atoms with E-state index in [-0.39, 0.29) is 76.8 Å². The van der Waals surface area contributed by atoms with Gasteiger partial charge in [-0.25, -0.2) is 18.0 Å². The summed E-state index contributed by atoms with van der Waals surface area (Å²) in [5.41, 5.74) is -0.544. The molecule has 0 spiro atoms. The Balaban J connectivity index is 1.23. The van der Waals surface area contributed by atoms with Crippen LogP contribution in [0.5, 0.6) is 11.8 Å². The number of ether oxygens (including phenoxy) is 4. The summed E-state index contributed by atoms with van der Waals surface area (Å²) in [6.07, 6.45) is 3.74. The van der Waals surface area contributed by atoms with E-state index in [9.17, 15) is 14.4 Å². The Hall–Kier alpha value is -4.35. The molecular formula is C39H45F3N6O5. The van der Waals surface area contributed by atoms with Crippen molar-refractivity contribution in [2.45, 2.75) is 101 Å². The van der Waals surface area contributed by atoms with Gasteiger partial charge < -0.3 is 23.8 Å². The van der Waals surface area contributed by atoms with Crippen LogP contribution in [-0.4, -0.2) is 102 Å². The summed E-state index contributed by atoms with van der Waals surface area (Å²) >= 11 is 0. The second kappa shape index (κ2) is 13.5. The van der Waals surface area contributed by atoms with E-state index in [0.29, 0.717) is 37.4 Å². The monoisotopic (exact) mass is 734 g/mol. The van der Waals surface area contributed by atoms with Gasteiger partial charge in [-0.2, -0.15) is 15.2 Å². The fraction of sp³-hybridized carbons (Fsp3) is 0.590. The Morgan fingerprint density at radius 2 is 1.81 bits per heavy atom. The molecule has 4 atom stereocenters. The number of hydrogen-bond acceptors (Lipinski definition) is 10. The number of halogens is 3. The number of benzene rings is 2. The van der Waals surface area contributed by atoms with Gasteiger partial charge in [0.2, 0.25) is 0 Å². The Kier molecular flexibility index (Phi) is 9.08. The van der Waals surface area contributed by atoms with E-state index in [2.05, 4.69) is 16.0 Å². The predicted molar refractivity (Wildman–Crippen MR) is 190 cm³/mol. The van der Waals surface area contributed by atoms with Gasteiger partial charge in [0.25, 0.3) is 0 Å². The lowest BCUT2D eigenvalue weighted by Gasteiger charge is -2.42. The van der Waals surface area contributed by atoms with Crippen molar-refractivity contribution >= 4 is 22.8 Å². The molecule has 0 N–H and O–H groups in total. The Morgan fingerprint density at radius 3 is 2.49 bits per heavy atom. The zero-order valence-corrected chi connectivity index (χ0v) is 30.6. The SMILES string of the molecule is COCOc1cc(C#N)c(C2CC2)c(-c2c(F)cc3c(N4CC5CCC(C4)N5C(=O)OC(C)(C)C)nc(OC[C@@]45CCCN4C[C@H](F)C5)nc3c2F)c1. The number of hydrogen-bond donors (Lipinski definition) is 0. The van der Waals surface area contributed by atoms with Gasteiger partial charge >= 0.3 is 12.1 Å². The van der Waals surface area contributed by atoms with Gasteiger partial charge in [-0.15, -0.1) is 0 Å². The third kappa shape index (κ3) is 6.60. The number of nitrogens with zero attached hydrogens (tertiary/aromatic N) is 6. The van der Waals surface area contributed by atoms with Crippen molar-refractivity contribution in [3.8, 4) is 29.0 Å². The number of nitriles is 1. The van der Waals surface area contributed by atoms with Crippen LogP contribution in [0.4, 0.5) is 23.8 Å². The minimum absolute atomic E-state index is 0.0263. The largest absolute Gasteiger partial charge is 0.468 e. The van der Waals surface area contributed by atoms with Gasteiger partial charge in [0.1, 0.15) is 41.3 Å². The topological polar surface area (TPSA) is 113 Å². The fourth-order valence-corrected chi connectivity index (χ4v) is 9.00. The number of piperazine rings is 1. The molecule has 2 unspecified atom stereocenters. The predicted octanol–water partition coefficient (Wildman–Crippen LogP) is 6.85. The van der Waals surface area contributed by atoms with Crippen LogP contribution >= 0.6 is 0 Å². The molecule has 282 valence electrons. The number of alkyl halides is 1. The fourth-order valence-electron chi connectivity index (χ4n) is 9.00. The van der Waals surface area contributed by atoms with Crippen LogP contribution in [0, 0.1) is 23.0 Å². The highest BCUT2D eigenvalue weighted by Crippen LogP contribution is 2.49. The van der Waals surface area contributed by atoms with Crippen molar-refractivity contribution in [2.75, 3.05) is 51.6 Å². The molecule has 5 aliphatic rings. The van der Waals surface area contributed by atoms with Crippen molar-refractivity contribution in [3.05, 3.63) is 41.0 Å². The molecular weight excluding hydrogens is 689 g/mol. The van der Waals surface area contributed by atoms with Crippen molar-refractivity contribution in [1.82, 2.24) is 19.8 Å². The van der Waals surface area contributed by atoms with Crippen molar-refractivity contribution in [1.29, 1.82) is 5.26 Å². The van der Waals surface area contributed by atoms with Crippen molar-refractivity contribution < 1.29 is 36.9 Å². The molecule has 5 fully saturated rings. The molecule has 1 amide bonds. The summed E-state index contributed by atoms with van der Waals surface area (Å²) in [5.74, 6) is -1.23. The average molecular weight is 735 g/mol. The summed E-state index contributed by atoms with van der Waals surface area (Å²) in [5, 5.41) is 10.3. The normalized spacial score (nSPS) is 25.5. The van der Waals surface area contributed by atoms with E-state index in [0.717, 1.165) is 45.1 Å².